The summed E-state index contributed by atoms with van der Waals surface area (Å²) in [5.74, 6) is 1.40. The van der Waals surface area contributed by atoms with Gasteiger partial charge in [0.15, 0.2) is 6.10 Å². The van der Waals surface area contributed by atoms with Gasteiger partial charge >= 0.3 is 0 Å². The van der Waals surface area contributed by atoms with Crippen molar-refractivity contribution in [2.75, 3.05) is 12.3 Å². The molecule has 0 unspecified atom stereocenters. The zero-order valence-electron chi connectivity index (χ0n) is 15.9. The molecule has 0 radical (unpaired) electrons. The van der Waals surface area contributed by atoms with E-state index in [0.717, 1.165) is 11.1 Å². The second-order valence-corrected chi connectivity index (χ2v) is 7.89. The van der Waals surface area contributed by atoms with Gasteiger partial charge in [0.25, 0.3) is 5.91 Å². The van der Waals surface area contributed by atoms with Crippen LogP contribution in [0, 0.1) is 19.7 Å². The fourth-order valence-electron chi connectivity index (χ4n) is 2.69. The third-order valence-electron chi connectivity index (χ3n) is 3.99. The van der Waals surface area contributed by atoms with E-state index >= 15 is 0 Å². The van der Waals surface area contributed by atoms with Gasteiger partial charge in [0, 0.05) is 28.6 Å². The molecule has 1 N–H and O–H groups in total. The van der Waals surface area contributed by atoms with Gasteiger partial charge in [-0.25, -0.2) is 4.39 Å². The Labute approximate surface area is 169 Å². The summed E-state index contributed by atoms with van der Waals surface area (Å²) in [6.07, 6.45) is 0.0498. The van der Waals surface area contributed by atoms with Gasteiger partial charge in [-0.15, -0.1) is 0 Å². The molecule has 146 valence electrons. The maximum absolute atomic E-state index is 13.7. The van der Waals surface area contributed by atoms with E-state index in [-0.39, 0.29) is 11.7 Å². The number of hydrogen-bond donors (Lipinski definition) is 1. The Kier molecular flexibility index (Phi) is 8.45. The van der Waals surface area contributed by atoms with Crippen LogP contribution in [0.1, 0.15) is 30.0 Å². The molecule has 0 aliphatic heterocycles. The van der Waals surface area contributed by atoms with Crippen LogP contribution in [-0.2, 0) is 10.5 Å². The van der Waals surface area contributed by atoms with Crippen LogP contribution >= 0.6 is 23.4 Å². The Hall–Kier alpha value is -1.72. The first-order valence-electron chi connectivity index (χ1n) is 8.94. The molecule has 1 atom stereocenters. The molecule has 0 aliphatic carbocycles. The van der Waals surface area contributed by atoms with Crippen LogP contribution < -0.4 is 10.1 Å². The number of halogens is 2. The maximum Gasteiger partial charge on any atom is 0.261 e. The zero-order chi connectivity index (χ0) is 19.8. The lowest BCUT2D eigenvalue weighted by atomic mass is 10.1. The lowest BCUT2D eigenvalue weighted by molar-refractivity contribution is -0.127. The summed E-state index contributed by atoms with van der Waals surface area (Å²) in [4.78, 5) is 12.4. The molecule has 0 aliphatic rings. The second kappa shape index (κ2) is 10.6. The molecule has 0 aromatic heterocycles. The van der Waals surface area contributed by atoms with Gasteiger partial charge in [-0.3, -0.25) is 4.79 Å². The number of nitrogens with one attached hydrogen (secondary N) is 1. The van der Waals surface area contributed by atoms with Crippen molar-refractivity contribution >= 4 is 29.3 Å². The molecular weight excluding hydrogens is 385 g/mol. The van der Waals surface area contributed by atoms with Crippen molar-refractivity contribution in [3.05, 3.63) is 63.9 Å². The summed E-state index contributed by atoms with van der Waals surface area (Å²) in [6.45, 7) is 6.41. The normalized spacial score (nSPS) is 11.9. The highest BCUT2D eigenvalue weighted by molar-refractivity contribution is 7.98. The van der Waals surface area contributed by atoms with E-state index in [1.54, 1.807) is 12.1 Å². The minimum absolute atomic E-state index is 0.138. The minimum atomic E-state index is -0.530. The maximum atomic E-state index is 13.7. The van der Waals surface area contributed by atoms with E-state index in [2.05, 4.69) is 11.4 Å². The number of ether oxygens (including phenoxy) is 1. The lowest BCUT2D eigenvalue weighted by Gasteiger charge is -2.18. The molecule has 6 heteroatoms. The van der Waals surface area contributed by atoms with Crippen LogP contribution in [0.3, 0.4) is 0 Å². The van der Waals surface area contributed by atoms with Gasteiger partial charge in [0.05, 0.1) is 0 Å². The molecule has 0 saturated carbocycles. The monoisotopic (exact) mass is 409 g/mol. The number of amides is 1. The largest absolute Gasteiger partial charge is 0.481 e. The van der Waals surface area contributed by atoms with E-state index in [1.807, 2.05) is 32.9 Å². The van der Waals surface area contributed by atoms with E-state index in [9.17, 15) is 9.18 Å². The van der Waals surface area contributed by atoms with Crippen molar-refractivity contribution in [2.24, 2.45) is 0 Å². The summed E-state index contributed by atoms with van der Waals surface area (Å²) in [5.41, 5.74) is 2.70. The van der Waals surface area contributed by atoms with Crippen LogP contribution in [0.25, 0.3) is 0 Å². The molecule has 0 fully saturated rings. The molecule has 2 aromatic rings. The molecule has 0 saturated heterocycles. The number of benzene rings is 2. The molecule has 1 amide bonds. The lowest BCUT2D eigenvalue weighted by Crippen LogP contribution is -2.39. The average molecular weight is 410 g/mol. The first-order valence-corrected chi connectivity index (χ1v) is 10.5. The molecule has 2 rings (SSSR count). The zero-order valence-corrected chi connectivity index (χ0v) is 17.4. The molecule has 0 heterocycles. The highest BCUT2D eigenvalue weighted by Gasteiger charge is 2.18. The highest BCUT2D eigenvalue weighted by Crippen LogP contribution is 2.23. The van der Waals surface area contributed by atoms with Gasteiger partial charge < -0.3 is 10.1 Å². The Bertz CT molecular complexity index is 744. The smallest absolute Gasteiger partial charge is 0.261 e. The van der Waals surface area contributed by atoms with Crippen molar-refractivity contribution < 1.29 is 13.9 Å². The third kappa shape index (κ3) is 6.74. The number of carbonyl (C=O) groups excluding carboxylic acids is 1. The molecular formula is C21H25ClFNO2S. The summed E-state index contributed by atoms with van der Waals surface area (Å²) in [6, 6.07) is 10.6. The number of hydrogen-bond acceptors (Lipinski definition) is 3. The highest BCUT2D eigenvalue weighted by atomic mass is 35.5. The van der Waals surface area contributed by atoms with Gasteiger partial charge in [-0.2, -0.15) is 11.8 Å². The predicted molar refractivity (Wildman–Crippen MR) is 111 cm³/mol. The van der Waals surface area contributed by atoms with Gasteiger partial charge in [-0.1, -0.05) is 30.7 Å². The van der Waals surface area contributed by atoms with Crippen LogP contribution in [-0.4, -0.2) is 24.3 Å². The van der Waals surface area contributed by atoms with Crippen LogP contribution in [0.5, 0.6) is 5.75 Å². The van der Waals surface area contributed by atoms with Crippen molar-refractivity contribution in [3.8, 4) is 5.75 Å². The van der Waals surface area contributed by atoms with Crippen molar-refractivity contribution in [1.29, 1.82) is 0 Å². The topological polar surface area (TPSA) is 38.3 Å². The van der Waals surface area contributed by atoms with Crippen LogP contribution in [0.2, 0.25) is 5.02 Å². The van der Waals surface area contributed by atoms with E-state index in [4.69, 9.17) is 16.3 Å². The quantitative estimate of drug-likeness (QED) is 0.571. The molecule has 2 aromatic carbocycles. The Balaban J connectivity index is 1.78. The van der Waals surface area contributed by atoms with Gasteiger partial charge in [-0.05, 0) is 55.7 Å². The van der Waals surface area contributed by atoms with Crippen molar-refractivity contribution in [1.82, 2.24) is 5.32 Å². The SMILES string of the molecule is CC[C@@H](Oc1cc(C)cc(C)c1)C(=O)NCCSCc1c(F)cccc1Cl. The minimum Gasteiger partial charge on any atom is -0.481 e. The van der Waals surface area contributed by atoms with Crippen LogP contribution in [0.4, 0.5) is 4.39 Å². The van der Waals surface area contributed by atoms with Crippen LogP contribution in [0.15, 0.2) is 36.4 Å². The Morgan fingerprint density at radius 2 is 1.96 bits per heavy atom. The number of rotatable bonds is 9. The first-order chi connectivity index (χ1) is 12.9. The summed E-state index contributed by atoms with van der Waals surface area (Å²) in [7, 11) is 0. The molecule has 27 heavy (non-hydrogen) atoms. The fourth-order valence-corrected chi connectivity index (χ4v) is 3.89. The Morgan fingerprint density at radius 3 is 2.59 bits per heavy atom. The number of thioether (sulfide) groups is 1. The molecule has 0 spiro atoms. The van der Waals surface area contributed by atoms with Crippen molar-refractivity contribution in [2.45, 2.75) is 39.0 Å². The number of carbonyl (C=O) groups is 1. The Morgan fingerprint density at radius 1 is 1.26 bits per heavy atom. The van der Waals surface area contributed by atoms with Crippen molar-refractivity contribution in [3.63, 3.8) is 0 Å². The molecule has 3 nitrogen and oxygen atoms in total. The average Bonchev–Trinajstić information content (AvgIpc) is 2.60. The summed E-state index contributed by atoms with van der Waals surface area (Å²) in [5, 5.41) is 3.32. The van der Waals surface area contributed by atoms with Gasteiger partial charge in [0.1, 0.15) is 11.6 Å². The van der Waals surface area contributed by atoms with E-state index in [0.29, 0.717) is 40.8 Å². The second-order valence-electron chi connectivity index (χ2n) is 6.38. The molecule has 0 bridgehead atoms. The third-order valence-corrected chi connectivity index (χ3v) is 5.33. The fraction of sp³-hybridized carbons (Fsp3) is 0.381. The number of aryl methyl sites for hydroxylation is 2. The van der Waals surface area contributed by atoms with E-state index in [1.165, 1.54) is 17.8 Å². The predicted octanol–water partition coefficient (Wildman–Crippen LogP) is 5.30. The summed E-state index contributed by atoms with van der Waals surface area (Å²) >= 11 is 7.54. The first kappa shape index (κ1) is 21.6. The summed E-state index contributed by atoms with van der Waals surface area (Å²) < 4.78 is 19.6. The van der Waals surface area contributed by atoms with Gasteiger partial charge in [0.2, 0.25) is 0 Å². The van der Waals surface area contributed by atoms with E-state index < -0.39 is 6.10 Å². The standard InChI is InChI=1S/C21H25ClFNO2S/c1-4-20(26-16-11-14(2)10-15(3)12-16)21(25)24-8-9-27-13-17-18(22)6-5-7-19(17)23/h5-7,10-12,20H,4,8-9,13H2,1-3H3,(H,24,25)/t20-/m1/s1.